The molecule has 2 rings (SSSR count). The van der Waals surface area contributed by atoms with E-state index in [0.717, 1.165) is 12.1 Å². The van der Waals surface area contributed by atoms with E-state index >= 15 is 0 Å². The smallest absolute Gasteiger partial charge is 0.187 e. The molecule has 2 aromatic carbocycles. The largest absolute Gasteiger partial charge is 0.503 e. The zero-order valence-corrected chi connectivity index (χ0v) is 11.7. The molecular weight excluding hydrogens is 370 g/mol. The third-order valence-electron chi connectivity index (χ3n) is 2.49. The lowest BCUT2D eigenvalue weighted by Gasteiger charge is -2.09. The molecule has 2 nitrogen and oxygen atoms in total. The first-order chi connectivity index (χ1) is 8.97. The van der Waals surface area contributed by atoms with Crippen molar-refractivity contribution in [3.8, 4) is 5.75 Å². The molecule has 19 heavy (non-hydrogen) atoms. The number of hydrogen-bond donors (Lipinski definition) is 2. The van der Waals surface area contributed by atoms with E-state index in [1.165, 1.54) is 12.1 Å². The van der Waals surface area contributed by atoms with Crippen LogP contribution in [-0.2, 0) is 6.54 Å². The molecule has 0 radical (unpaired) electrons. The van der Waals surface area contributed by atoms with Gasteiger partial charge in [-0.3, -0.25) is 0 Å². The van der Waals surface area contributed by atoms with Gasteiger partial charge in [-0.1, -0.05) is 0 Å². The van der Waals surface area contributed by atoms with Crippen molar-refractivity contribution in [3.63, 3.8) is 0 Å². The third-order valence-corrected chi connectivity index (χ3v) is 3.38. The van der Waals surface area contributed by atoms with Crippen molar-refractivity contribution in [1.82, 2.24) is 0 Å². The minimum absolute atomic E-state index is 0.162. The number of halogens is 4. The van der Waals surface area contributed by atoms with Crippen LogP contribution in [0.4, 0.5) is 18.9 Å². The van der Waals surface area contributed by atoms with Crippen LogP contribution in [0.15, 0.2) is 30.3 Å². The van der Waals surface area contributed by atoms with E-state index in [-0.39, 0.29) is 12.4 Å². The second-order valence-electron chi connectivity index (χ2n) is 3.89. The monoisotopic (exact) mass is 379 g/mol. The maximum absolute atomic E-state index is 13.1. The number of rotatable bonds is 3. The highest BCUT2D eigenvalue weighted by atomic mass is 127. The van der Waals surface area contributed by atoms with E-state index in [2.05, 4.69) is 5.32 Å². The zero-order chi connectivity index (χ0) is 14.0. The molecule has 0 saturated carbocycles. The molecule has 0 aliphatic rings. The third kappa shape index (κ3) is 3.31. The van der Waals surface area contributed by atoms with Crippen molar-refractivity contribution in [2.45, 2.75) is 6.54 Å². The Labute approximate surface area is 121 Å². The van der Waals surface area contributed by atoms with Crippen LogP contribution in [0.25, 0.3) is 0 Å². The quantitative estimate of drug-likeness (QED) is 0.790. The van der Waals surface area contributed by atoms with Gasteiger partial charge in [-0.25, -0.2) is 13.2 Å². The van der Waals surface area contributed by atoms with Gasteiger partial charge in [0.25, 0.3) is 0 Å². The van der Waals surface area contributed by atoms with Crippen LogP contribution in [0, 0.1) is 21.0 Å². The normalized spacial score (nSPS) is 10.5. The van der Waals surface area contributed by atoms with Crippen molar-refractivity contribution >= 4 is 28.3 Å². The predicted octanol–water partition coefficient (Wildman–Crippen LogP) is 4.03. The second kappa shape index (κ2) is 5.68. The zero-order valence-electron chi connectivity index (χ0n) is 9.55. The van der Waals surface area contributed by atoms with Crippen LogP contribution in [0.5, 0.6) is 5.75 Å². The molecule has 0 heterocycles. The van der Waals surface area contributed by atoms with Gasteiger partial charge in [0.2, 0.25) is 0 Å². The van der Waals surface area contributed by atoms with E-state index in [0.29, 0.717) is 14.8 Å². The highest BCUT2D eigenvalue weighted by molar-refractivity contribution is 14.1. The van der Waals surface area contributed by atoms with Crippen molar-refractivity contribution in [2.24, 2.45) is 0 Å². The maximum Gasteiger partial charge on any atom is 0.187 e. The Kier molecular flexibility index (Phi) is 4.18. The summed E-state index contributed by atoms with van der Waals surface area (Å²) in [5.74, 6) is -3.35. The molecule has 0 spiro atoms. The molecule has 2 aromatic rings. The molecule has 0 saturated heterocycles. The van der Waals surface area contributed by atoms with Crippen molar-refractivity contribution in [1.29, 1.82) is 0 Å². The number of aromatic hydroxyl groups is 1. The van der Waals surface area contributed by atoms with Crippen LogP contribution in [0.2, 0.25) is 0 Å². The van der Waals surface area contributed by atoms with E-state index in [9.17, 15) is 13.2 Å². The SMILES string of the molecule is Oc1c(F)cc(CNc2ccc(F)cc2I)cc1F. The number of hydrogen-bond acceptors (Lipinski definition) is 2. The van der Waals surface area contributed by atoms with Crippen molar-refractivity contribution < 1.29 is 18.3 Å². The fourth-order valence-electron chi connectivity index (χ4n) is 1.55. The van der Waals surface area contributed by atoms with Crippen LogP contribution in [0.3, 0.4) is 0 Å². The molecule has 0 unspecified atom stereocenters. The number of anilines is 1. The summed E-state index contributed by atoms with van der Waals surface area (Å²) in [6, 6.07) is 6.28. The summed E-state index contributed by atoms with van der Waals surface area (Å²) in [5.41, 5.74) is 1.00. The maximum atomic E-state index is 13.1. The van der Waals surface area contributed by atoms with Crippen molar-refractivity contribution in [3.05, 3.63) is 56.9 Å². The highest BCUT2D eigenvalue weighted by Gasteiger charge is 2.09. The van der Waals surface area contributed by atoms with Crippen LogP contribution >= 0.6 is 22.6 Å². The predicted molar refractivity (Wildman–Crippen MR) is 74.5 cm³/mol. The fourth-order valence-corrected chi connectivity index (χ4v) is 2.22. The number of phenols is 1. The highest BCUT2D eigenvalue weighted by Crippen LogP contribution is 2.23. The van der Waals surface area contributed by atoms with Gasteiger partial charge in [-0.15, -0.1) is 0 Å². The Morgan fingerprint density at radius 3 is 2.26 bits per heavy atom. The second-order valence-corrected chi connectivity index (χ2v) is 5.05. The number of benzene rings is 2. The van der Waals surface area contributed by atoms with E-state index in [4.69, 9.17) is 5.11 Å². The summed E-state index contributed by atoms with van der Waals surface area (Å²) in [5, 5.41) is 11.9. The van der Waals surface area contributed by atoms with E-state index in [1.807, 2.05) is 22.6 Å². The minimum atomic E-state index is -1.01. The van der Waals surface area contributed by atoms with Gasteiger partial charge in [0.15, 0.2) is 17.4 Å². The molecule has 0 fully saturated rings. The van der Waals surface area contributed by atoms with Gasteiger partial charge in [-0.2, -0.15) is 0 Å². The molecule has 0 atom stereocenters. The molecule has 6 heteroatoms. The summed E-state index contributed by atoms with van der Waals surface area (Å²) in [4.78, 5) is 0. The summed E-state index contributed by atoms with van der Waals surface area (Å²) in [6.07, 6.45) is 0. The lowest BCUT2D eigenvalue weighted by molar-refractivity contribution is 0.395. The van der Waals surface area contributed by atoms with Crippen molar-refractivity contribution in [2.75, 3.05) is 5.32 Å². The number of nitrogens with one attached hydrogen (secondary N) is 1. The molecule has 0 bridgehead atoms. The van der Waals surface area contributed by atoms with Crippen LogP contribution < -0.4 is 5.32 Å². The summed E-state index contributed by atoms with van der Waals surface area (Å²) >= 11 is 1.96. The average molecular weight is 379 g/mol. The van der Waals surface area contributed by atoms with E-state index in [1.54, 1.807) is 6.07 Å². The summed E-state index contributed by atoms with van der Waals surface area (Å²) in [6.45, 7) is 0.162. The Morgan fingerprint density at radius 1 is 1.05 bits per heavy atom. The van der Waals surface area contributed by atoms with Crippen LogP contribution in [-0.4, -0.2) is 5.11 Å². The summed E-state index contributed by atoms with van der Waals surface area (Å²) in [7, 11) is 0. The lowest BCUT2D eigenvalue weighted by Crippen LogP contribution is -2.02. The standard InChI is InChI=1S/C13H9F3INO/c14-8-1-2-12(11(17)5-8)18-6-7-3-9(15)13(19)10(16)4-7/h1-5,18-19H,6H2. The first kappa shape index (κ1) is 14.0. The van der Waals surface area contributed by atoms with Gasteiger partial charge >= 0.3 is 0 Å². The molecule has 0 amide bonds. The van der Waals surface area contributed by atoms with Gasteiger partial charge in [-0.05, 0) is 58.5 Å². The lowest BCUT2D eigenvalue weighted by atomic mass is 10.2. The molecule has 0 aliphatic heterocycles. The fraction of sp³-hybridized carbons (Fsp3) is 0.0769. The minimum Gasteiger partial charge on any atom is -0.503 e. The Morgan fingerprint density at radius 2 is 1.68 bits per heavy atom. The molecular formula is C13H9F3INO. The Bertz CT molecular complexity index is 596. The summed E-state index contributed by atoms with van der Waals surface area (Å²) < 4.78 is 39.8. The molecule has 2 N–H and O–H groups in total. The molecule has 100 valence electrons. The number of phenolic OH excluding ortho intramolecular Hbond substituents is 1. The van der Waals surface area contributed by atoms with Crippen LogP contribution in [0.1, 0.15) is 5.56 Å². The molecule has 0 aromatic heterocycles. The Balaban J connectivity index is 2.14. The first-order valence-corrected chi connectivity index (χ1v) is 6.41. The van der Waals surface area contributed by atoms with Gasteiger partial charge in [0, 0.05) is 15.8 Å². The van der Waals surface area contributed by atoms with Gasteiger partial charge < -0.3 is 10.4 Å². The topological polar surface area (TPSA) is 32.3 Å². The Hall–Kier alpha value is -1.44. The van der Waals surface area contributed by atoms with Gasteiger partial charge in [0.05, 0.1) is 0 Å². The first-order valence-electron chi connectivity index (χ1n) is 5.33. The van der Waals surface area contributed by atoms with Gasteiger partial charge in [0.1, 0.15) is 5.82 Å². The van der Waals surface area contributed by atoms with E-state index < -0.39 is 17.4 Å². The average Bonchev–Trinajstić information content (AvgIpc) is 2.34. The molecule has 0 aliphatic carbocycles.